The zero-order valence-corrected chi connectivity index (χ0v) is 11.9. The Morgan fingerprint density at radius 2 is 1.61 bits per heavy atom. The van der Waals surface area contributed by atoms with Gasteiger partial charge < -0.3 is 10.4 Å². The molecule has 6 nitrogen and oxygen atoms in total. The number of amides is 2. The van der Waals surface area contributed by atoms with Gasteiger partial charge in [-0.05, 0) is 36.4 Å². The molecule has 2 aromatic carbocycles. The van der Waals surface area contributed by atoms with Gasteiger partial charge in [0.15, 0.2) is 0 Å². The molecule has 6 heteroatoms. The number of anilines is 2. The molecule has 0 saturated carbocycles. The van der Waals surface area contributed by atoms with Crippen molar-refractivity contribution < 1.29 is 19.5 Å². The number of benzene rings is 2. The van der Waals surface area contributed by atoms with Crippen molar-refractivity contribution in [3.8, 4) is 0 Å². The van der Waals surface area contributed by atoms with E-state index in [0.29, 0.717) is 11.4 Å². The van der Waals surface area contributed by atoms with Crippen molar-refractivity contribution in [2.45, 2.75) is 0 Å². The Morgan fingerprint density at radius 1 is 0.957 bits per heavy atom. The van der Waals surface area contributed by atoms with Crippen molar-refractivity contribution in [3.05, 3.63) is 71.9 Å². The number of para-hydroxylation sites is 1. The fraction of sp³-hybridized carbons (Fsp3) is 0. The van der Waals surface area contributed by atoms with Crippen LogP contribution in [0.15, 0.2) is 66.4 Å². The molecule has 3 rings (SSSR count). The standard InChI is InChI=1S/C17H12N2O4/c20-15-10-14(16(21)19(15)13-4-2-1-3-5-13)18-12-8-6-11(7-9-12)17(22)23/h1-10,18H,(H,22,23). The molecule has 0 aliphatic carbocycles. The van der Waals surface area contributed by atoms with Gasteiger partial charge in [-0.2, -0.15) is 0 Å². The van der Waals surface area contributed by atoms with E-state index in [1.807, 2.05) is 0 Å². The summed E-state index contributed by atoms with van der Waals surface area (Å²) >= 11 is 0. The molecular formula is C17H12N2O4. The summed E-state index contributed by atoms with van der Waals surface area (Å²) in [5.74, 6) is -1.91. The molecule has 23 heavy (non-hydrogen) atoms. The van der Waals surface area contributed by atoms with Crippen LogP contribution in [-0.2, 0) is 9.59 Å². The maximum Gasteiger partial charge on any atom is 0.335 e. The number of nitrogens with zero attached hydrogens (tertiary/aromatic N) is 1. The second-order valence-electron chi connectivity index (χ2n) is 4.88. The molecule has 1 heterocycles. The average molecular weight is 308 g/mol. The Kier molecular flexibility index (Phi) is 3.64. The summed E-state index contributed by atoms with van der Waals surface area (Å²) < 4.78 is 0. The quantitative estimate of drug-likeness (QED) is 0.846. The number of nitrogens with one attached hydrogen (secondary N) is 1. The average Bonchev–Trinajstić information content (AvgIpc) is 2.82. The minimum atomic E-state index is -1.03. The number of carbonyl (C=O) groups excluding carboxylic acids is 2. The Morgan fingerprint density at radius 3 is 2.22 bits per heavy atom. The number of carbonyl (C=O) groups is 3. The van der Waals surface area contributed by atoms with Gasteiger partial charge in [0.2, 0.25) is 0 Å². The van der Waals surface area contributed by atoms with Crippen molar-refractivity contribution in [1.82, 2.24) is 0 Å². The predicted octanol–water partition coefficient (Wildman–Crippen LogP) is 2.25. The fourth-order valence-electron chi connectivity index (χ4n) is 2.23. The molecule has 114 valence electrons. The maximum absolute atomic E-state index is 12.4. The number of carboxylic acid groups (broad SMARTS) is 1. The van der Waals surface area contributed by atoms with E-state index in [-0.39, 0.29) is 11.3 Å². The van der Waals surface area contributed by atoms with Crippen LogP contribution in [0.2, 0.25) is 0 Å². The number of hydrogen-bond donors (Lipinski definition) is 2. The number of carboxylic acids is 1. The van der Waals surface area contributed by atoms with Crippen molar-refractivity contribution in [1.29, 1.82) is 0 Å². The molecule has 0 fully saturated rings. The van der Waals surface area contributed by atoms with Crippen LogP contribution in [-0.4, -0.2) is 22.9 Å². The van der Waals surface area contributed by atoms with Crippen molar-refractivity contribution in [3.63, 3.8) is 0 Å². The largest absolute Gasteiger partial charge is 0.478 e. The van der Waals surface area contributed by atoms with Gasteiger partial charge in [-0.3, -0.25) is 9.59 Å². The first-order valence-corrected chi connectivity index (χ1v) is 6.82. The summed E-state index contributed by atoms with van der Waals surface area (Å²) in [6.07, 6.45) is 1.22. The third-order valence-corrected chi connectivity index (χ3v) is 3.35. The number of rotatable bonds is 4. The first-order valence-electron chi connectivity index (χ1n) is 6.82. The predicted molar refractivity (Wildman–Crippen MR) is 84.0 cm³/mol. The highest BCUT2D eigenvalue weighted by atomic mass is 16.4. The molecule has 0 spiro atoms. The molecule has 0 saturated heterocycles. The highest BCUT2D eigenvalue weighted by Gasteiger charge is 2.32. The molecule has 1 aliphatic heterocycles. The van der Waals surface area contributed by atoms with E-state index in [9.17, 15) is 14.4 Å². The molecule has 2 amide bonds. The lowest BCUT2D eigenvalue weighted by molar-refractivity contribution is -0.120. The molecule has 2 N–H and O–H groups in total. The molecule has 0 atom stereocenters. The van der Waals surface area contributed by atoms with Gasteiger partial charge in [0.25, 0.3) is 11.8 Å². The Hall–Kier alpha value is -3.41. The molecular weight excluding hydrogens is 296 g/mol. The van der Waals surface area contributed by atoms with E-state index in [4.69, 9.17) is 5.11 Å². The highest BCUT2D eigenvalue weighted by Crippen LogP contribution is 2.23. The summed E-state index contributed by atoms with van der Waals surface area (Å²) in [6, 6.07) is 14.5. The van der Waals surface area contributed by atoms with Gasteiger partial charge in [-0.25, -0.2) is 9.69 Å². The van der Waals surface area contributed by atoms with Crippen molar-refractivity contribution in [2.24, 2.45) is 0 Å². The molecule has 0 radical (unpaired) electrons. The SMILES string of the molecule is O=C(O)c1ccc(NC2=CC(=O)N(c3ccccc3)C2=O)cc1. The van der Waals surface area contributed by atoms with Crippen LogP contribution in [0.25, 0.3) is 0 Å². The maximum atomic E-state index is 12.4. The van der Waals surface area contributed by atoms with E-state index in [2.05, 4.69) is 5.32 Å². The summed E-state index contributed by atoms with van der Waals surface area (Å²) in [6.45, 7) is 0. The van der Waals surface area contributed by atoms with Crippen LogP contribution in [0.1, 0.15) is 10.4 Å². The monoisotopic (exact) mass is 308 g/mol. The zero-order valence-electron chi connectivity index (χ0n) is 11.9. The van der Waals surface area contributed by atoms with Crippen LogP contribution in [0, 0.1) is 0 Å². The zero-order chi connectivity index (χ0) is 16.4. The van der Waals surface area contributed by atoms with E-state index in [0.717, 1.165) is 4.90 Å². The first kappa shape index (κ1) is 14.5. The van der Waals surface area contributed by atoms with Gasteiger partial charge in [0.05, 0.1) is 11.3 Å². The van der Waals surface area contributed by atoms with Crippen LogP contribution >= 0.6 is 0 Å². The topological polar surface area (TPSA) is 86.7 Å². The van der Waals surface area contributed by atoms with Crippen LogP contribution in [0.5, 0.6) is 0 Å². The van der Waals surface area contributed by atoms with Gasteiger partial charge in [-0.15, -0.1) is 0 Å². The molecule has 1 aliphatic rings. The lowest BCUT2D eigenvalue weighted by atomic mass is 10.2. The second kappa shape index (κ2) is 5.76. The highest BCUT2D eigenvalue weighted by molar-refractivity contribution is 6.31. The number of imide groups is 1. The molecule has 0 unspecified atom stereocenters. The van der Waals surface area contributed by atoms with Crippen LogP contribution in [0.4, 0.5) is 11.4 Å². The Balaban J connectivity index is 1.79. The number of aromatic carboxylic acids is 1. The van der Waals surface area contributed by atoms with Crippen molar-refractivity contribution >= 4 is 29.2 Å². The molecule has 0 aromatic heterocycles. The van der Waals surface area contributed by atoms with E-state index < -0.39 is 17.8 Å². The third-order valence-electron chi connectivity index (χ3n) is 3.35. The lowest BCUT2D eigenvalue weighted by Gasteiger charge is -2.15. The van der Waals surface area contributed by atoms with Gasteiger partial charge in [0, 0.05) is 11.8 Å². The Bertz CT molecular complexity index is 810. The van der Waals surface area contributed by atoms with Crippen LogP contribution in [0.3, 0.4) is 0 Å². The van der Waals surface area contributed by atoms with Gasteiger partial charge in [-0.1, -0.05) is 18.2 Å². The van der Waals surface area contributed by atoms with E-state index in [1.54, 1.807) is 30.3 Å². The van der Waals surface area contributed by atoms with Gasteiger partial charge in [0.1, 0.15) is 5.70 Å². The smallest absolute Gasteiger partial charge is 0.335 e. The Labute approximate surface area is 131 Å². The summed E-state index contributed by atoms with van der Waals surface area (Å²) in [5.41, 5.74) is 1.31. The van der Waals surface area contributed by atoms with Crippen LogP contribution < -0.4 is 10.2 Å². The minimum Gasteiger partial charge on any atom is -0.478 e. The summed E-state index contributed by atoms with van der Waals surface area (Å²) in [7, 11) is 0. The summed E-state index contributed by atoms with van der Waals surface area (Å²) in [5, 5.41) is 11.7. The number of hydrogen-bond acceptors (Lipinski definition) is 4. The molecule has 0 bridgehead atoms. The second-order valence-corrected chi connectivity index (χ2v) is 4.88. The van der Waals surface area contributed by atoms with E-state index >= 15 is 0 Å². The minimum absolute atomic E-state index is 0.141. The fourth-order valence-corrected chi connectivity index (χ4v) is 2.23. The normalized spacial score (nSPS) is 13.9. The van der Waals surface area contributed by atoms with E-state index in [1.165, 1.54) is 30.3 Å². The molecule has 2 aromatic rings. The lowest BCUT2D eigenvalue weighted by Crippen LogP contribution is -2.31. The van der Waals surface area contributed by atoms with Gasteiger partial charge >= 0.3 is 5.97 Å². The third kappa shape index (κ3) is 2.82. The summed E-state index contributed by atoms with van der Waals surface area (Å²) in [4.78, 5) is 36.3. The first-order chi connectivity index (χ1) is 11.1. The van der Waals surface area contributed by atoms with Crippen molar-refractivity contribution in [2.75, 3.05) is 10.2 Å².